The van der Waals surface area contributed by atoms with Crippen LogP contribution in [0.1, 0.15) is 24.2 Å². The Hall–Kier alpha value is -2.80. The van der Waals surface area contributed by atoms with Gasteiger partial charge in [-0.15, -0.1) is 0 Å². The van der Waals surface area contributed by atoms with E-state index in [9.17, 15) is 9.59 Å². The number of benzene rings is 1. The van der Waals surface area contributed by atoms with E-state index in [1.165, 1.54) is 32.4 Å². The Morgan fingerprint density at radius 1 is 1.23 bits per heavy atom. The van der Waals surface area contributed by atoms with Crippen LogP contribution < -0.4 is 14.8 Å². The number of methoxy groups -OCH3 is 1. The summed E-state index contributed by atoms with van der Waals surface area (Å²) in [7, 11) is 1.51. The molecular formula is C18H19ClN2O5. The highest BCUT2D eigenvalue weighted by Gasteiger charge is 2.20. The van der Waals surface area contributed by atoms with Crippen molar-refractivity contribution in [3.8, 4) is 11.5 Å². The van der Waals surface area contributed by atoms with Gasteiger partial charge in [0.15, 0.2) is 17.6 Å². The van der Waals surface area contributed by atoms with Crippen molar-refractivity contribution in [3.63, 3.8) is 0 Å². The molecule has 2 aromatic rings. The summed E-state index contributed by atoms with van der Waals surface area (Å²) in [4.78, 5) is 28.4. The lowest BCUT2D eigenvalue weighted by Gasteiger charge is -2.14. The van der Waals surface area contributed by atoms with E-state index in [1.54, 1.807) is 18.2 Å². The molecule has 1 aromatic carbocycles. The molecule has 1 aromatic heterocycles. The maximum absolute atomic E-state index is 12.3. The number of nitrogens with zero attached hydrogens (tertiary/aromatic N) is 1. The smallest absolute Gasteiger partial charge is 0.339 e. The van der Waals surface area contributed by atoms with Gasteiger partial charge in [0.2, 0.25) is 0 Å². The number of carbonyl (C=O) groups is 2. The molecule has 1 N–H and O–H groups in total. The fraction of sp³-hybridized carbons (Fsp3) is 0.278. The van der Waals surface area contributed by atoms with Gasteiger partial charge >= 0.3 is 5.97 Å². The van der Waals surface area contributed by atoms with Crippen molar-refractivity contribution >= 4 is 29.3 Å². The summed E-state index contributed by atoms with van der Waals surface area (Å²) in [5.74, 6) is 0.0762. The Balaban J connectivity index is 2.02. The Morgan fingerprint density at radius 3 is 2.62 bits per heavy atom. The van der Waals surface area contributed by atoms with Gasteiger partial charge in [0.1, 0.15) is 5.82 Å². The highest BCUT2D eigenvalue weighted by Crippen LogP contribution is 2.28. The summed E-state index contributed by atoms with van der Waals surface area (Å²) in [6.07, 6.45) is 0.387. The van der Waals surface area contributed by atoms with Crippen LogP contribution in [0.25, 0.3) is 0 Å². The van der Waals surface area contributed by atoms with Crippen LogP contribution in [0.15, 0.2) is 36.5 Å². The third-order valence-electron chi connectivity index (χ3n) is 3.33. The zero-order valence-electron chi connectivity index (χ0n) is 14.6. The van der Waals surface area contributed by atoms with Crippen molar-refractivity contribution in [1.29, 1.82) is 0 Å². The number of hydrogen-bond acceptors (Lipinski definition) is 6. The Bertz CT molecular complexity index is 780. The van der Waals surface area contributed by atoms with Crippen LogP contribution in [0.4, 0.5) is 5.82 Å². The van der Waals surface area contributed by atoms with Crippen LogP contribution >= 0.6 is 11.6 Å². The van der Waals surface area contributed by atoms with E-state index < -0.39 is 18.0 Å². The van der Waals surface area contributed by atoms with Crippen LogP contribution in [-0.4, -0.2) is 36.7 Å². The van der Waals surface area contributed by atoms with E-state index in [-0.39, 0.29) is 5.56 Å². The normalized spacial score (nSPS) is 11.4. The number of anilines is 1. The van der Waals surface area contributed by atoms with Crippen LogP contribution in [-0.2, 0) is 9.53 Å². The van der Waals surface area contributed by atoms with Gasteiger partial charge in [-0.1, -0.05) is 11.6 Å². The molecule has 0 aliphatic heterocycles. The summed E-state index contributed by atoms with van der Waals surface area (Å²) in [6.45, 7) is 3.71. The van der Waals surface area contributed by atoms with Crippen molar-refractivity contribution < 1.29 is 23.8 Å². The molecule has 1 amide bonds. The second-order valence-electron chi connectivity index (χ2n) is 5.20. The van der Waals surface area contributed by atoms with Gasteiger partial charge in [0.05, 0.1) is 24.3 Å². The lowest BCUT2D eigenvalue weighted by atomic mass is 10.2. The summed E-state index contributed by atoms with van der Waals surface area (Å²) in [6, 6.07) is 7.79. The highest BCUT2D eigenvalue weighted by atomic mass is 35.5. The van der Waals surface area contributed by atoms with Crippen molar-refractivity contribution in [3.05, 3.63) is 47.1 Å². The van der Waals surface area contributed by atoms with Gasteiger partial charge in [0, 0.05) is 6.20 Å². The zero-order valence-corrected chi connectivity index (χ0v) is 15.4. The first-order valence-corrected chi connectivity index (χ1v) is 8.26. The third kappa shape index (κ3) is 5.10. The molecule has 26 heavy (non-hydrogen) atoms. The Kier molecular flexibility index (Phi) is 6.80. The number of hydrogen-bond donors (Lipinski definition) is 1. The predicted molar refractivity (Wildman–Crippen MR) is 96.9 cm³/mol. The van der Waals surface area contributed by atoms with Gasteiger partial charge in [0.25, 0.3) is 5.91 Å². The molecule has 0 saturated carbocycles. The number of carbonyl (C=O) groups excluding carboxylic acids is 2. The molecule has 1 unspecified atom stereocenters. The first kappa shape index (κ1) is 19.5. The van der Waals surface area contributed by atoms with Crippen LogP contribution in [0.5, 0.6) is 11.5 Å². The SMILES string of the molecule is CCOc1cc(C(=O)OC(C)C(=O)Nc2ccc(Cl)cn2)ccc1OC. The van der Waals surface area contributed by atoms with E-state index in [0.29, 0.717) is 28.9 Å². The quantitative estimate of drug-likeness (QED) is 0.744. The monoisotopic (exact) mass is 378 g/mol. The average molecular weight is 379 g/mol. The topological polar surface area (TPSA) is 86.8 Å². The summed E-state index contributed by atoms with van der Waals surface area (Å²) in [5, 5.41) is 3.00. The minimum atomic E-state index is -1.02. The van der Waals surface area contributed by atoms with Crippen molar-refractivity contribution in [2.24, 2.45) is 0 Å². The summed E-state index contributed by atoms with van der Waals surface area (Å²) < 4.78 is 15.8. The van der Waals surface area contributed by atoms with E-state index >= 15 is 0 Å². The van der Waals surface area contributed by atoms with E-state index in [4.69, 9.17) is 25.8 Å². The van der Waals surface area contributed by atoms with Gasteiger partial charge < -0.3 is 19.5 Å². The number of esters is 1. The largest absolute Gasteiger partial charge is 0.493 e. The number of pyridine rings is 1. The Morgan fingerprint density at radius 2 is 2.00 bits per heavy atom. The molecule has 0 saturated heterocycles. The fourth-order valence-electron chi connectivity index (χ4n) is 2.03. The number of amides is 1. The molecule has 1 atom stereocenters. The van der Waals surface area contributed by atoms with Gasteiger partial charge in [-0.25, -0.2) is 9.78 Å². The predicted octanol–water partition coefficient (Wildman–Crippen LogP) is 3.33. The summed E-state index contributed by atoms with van der Waals surface area (Å²) in [5.41, 5.74) is 0.249. The van der Waals surface area contributed by atoms with Crippen LogP contribution in [0.3, 0.4) is 0 Å². The van der Waals surface area contributed by atoms with Crippen LogP contribution in [0, 0.1) is 0 Å². The van der Waals surface area contributed by atoms with Crippen molar-refractivity contribution in [1.82, 2.24) is 4.98 Å². The molecule has 0 spiro atoms. The second-order valence-corrected chi connectivity index (χ2v) is 5.63. The number of ether oxygens (including phenoxy) is 3. The fourth-order valence-corrected chi connectivity index (χ4v) is 2.14. The number of rotatable bonds is 7. The maximum atomic E-state index is 12.3. The van der Waals surface area contributed by atoms with Gasteiger partial charge in [-0.05, 0) is 44.2 Å². The van der Waals surface area contributed by atoms with E-state index in [1.807, 2.05) is 6.92 Å². The first-order chi connectivity index (χ1) is 12.4. The third-order valence-corrected chi connectivity index (χ3v) is 3.55. The highest BCUT2D eigenvalue weighted by molar-refractivity contribution is 6.30. The molecule has 2 rings (SSSR count). The molecule has 8 heteroatoms. The summed E-state index contributed by atoms with van der Waals surface area (Å²) >= 11 is 5.74. The van der Waals surface area contributed by atoms with Crippen molar-refractivity contribution in [2.75, 3.05) is 19.0 Å². The van der Waals surface area contributed by atoms with Gasteiger partial charge in [-0.2, -0.15) is 0 Å². The standard InChI is InChI=1S/C18H19ClN2O5/c1-4-25-15-9-12(5-7-14(15)24-3)18(23)26-11(2)17(22)21-16-8-6-13(19)10-20-16/h5-11H,4H2,1-3H3,(H,20,21,22). The minimum absolute atomic E-state index is 0.249. The number of aromatic nitrogens is 1. The molecule has 0 fully saturated rings. The average Bonchev–Trinajstić information content (AvgIpc) is 2.63. The van der Waals surface area contributed by atoms with Crippen molar-refractivity contribution in [2.45, 2.75) is 20.0 Å². The molecule has 7 nitrogen and oxygen atoms in total. The molecule has 1 heterocycles. The molecule has 0 aliphatic carbocycles. The van der Waals surface area contributed by atoms with E-state index in [0.717, 1.165) is 0 Å². The molecular weight excluding hydrogens is 360 g/mol. The molecule has 0 aliphatic rings. The molecule has 0 bridgehead atoms. The Labute approximate surface area is 156 Å². The lowest BCUT2D eigenvalue weighted by molar-refractivity contribution is -0.123. The minimum Gasteiger partial charge on any atom is -0.493 e. The second kappa shape index (κ2) is 9.05. The molecule has 0 radical (unpaired) electrons. The first-order valence-electron chi connectivity index (χ1n) is 7.88. The zero-order chi connectivity index (χ0) is 19.1. The van der Waals surface area contributed by atoms with Gasteiger partial charge in [-0.3, -0.25) is 4.79 Å². The maximum Gasteiger partial charge on any atom is 0.339 e. The lowest BCUT2D eigenvalue weighted by Crippen LogP contribution is -2.30. The number of halogens is 1. The van der Waals surface area contributed by atoms with E-state index in [2.05, 4.69) is 10.3 Å². The van der Waals surface area contributed by atoms with Crippen LogP contribution in [0.2, 0.25) is 5.02 Å². The molecule has 138 valence electrons. The number of nitrogens with one attached hydrogen (secondary N) is 1.